The van der Waals surface area contributed by atoms with Crippen LogP contribution in [0.25, 0.3) is 0 Å². The summed E-state index contributed by atoms with van der Waals surface area (Å²) in [7, 11) is 1.00. The first-order valence-corrected chi connectivity index (χ1v) is 15.7. The fraction of sp³-hybridized carbons (Fsp3) is 0.649. The van der Waals surface area contributed by atoms with E-state index >= 15 is 0 Å². The number of hydrogen-bond acceptors (Lipinski definition) is 3. The second-order valence-electron chi connectivity index (χ2n) is 10.2. The van der Waals surface area contributed by atoms with Gasteiger partial charge in [0.1, 0.15) is 12.5 Å². The molecule has 0 unspecified atom stereocenters. The van der Waals surface area contributed by atoms with E-state index in [9.17, 15) is 0 Å². The van der Waals surface area contributed by atoms with E-state index in [2.05, 4.69) is 90.6 Å². The molecule has 234 valence electrons. The maximum Gasteiger partial charge on any atom is 0.119 e. The predicted octanol–water partition coefficient (Wildman–Crippen LogP) is 11.3. The maximum atomic E-state index is 8.00. The number of hydrogen-bond donors (Lipinski definition) is 1. The number of allylic oxidation sites excluding steroid dienone is 5. The summed E-state index contributed by atoms with van der Waals surface area (Å²) in [6, 6.07) is 8.38. The molecule has 0 bridgehead atoms. The van der Waals surface area contributed by atoms with Crippen molar-refractivity contribution >= 4 is 6.79 Å². The molecule has 0 aliphatic heterocycles. The molecule has 2 rings (SSSR count). The predicted molar refractivity (Wildman–Crippen MR) is 181 cm³/mol. The van der Waals surface area contributed by atoms with Crippen LogP contribution in [0, 0.1) is 24.2 Å². The standard InChI is InChI=1S/C20H32O.C11H18.2C2H6.CH4O.CH2O/c1-4-12-20(13-5-2)15-18(16-20)7-6-14-21-19-10-8-17(3)9-11-19;1-6-11(10(4)5)8-7-9(2)3;4*1-2/h8-11,18H,4-7,12-16H2,1-3H3;6-8,10H,2H2,1,3-5H3;2*1-2H3;2H,1H3;1H2/b;8-7-,11-6+;;;;. The Labute approximate surface area is 251 Å². The third kappa shape index (κ3) is 22.7. The molecule has 1 aromatic carbocycles. The second kappa shape index (κ2) is 31.4. The number of ether oxygens (including phenoxy) is 1. The minimum Gasteiger partial charge on any atom is -0.494 e. The molecule has 3 nitrogen and oxygen atoms in total. The molecule has 0 saturated heterocycles. The Bertz CT molecular complexity index is 714. The summed E-state index contributed by atoms with van der Waals surface area (Å²) in [5.74, 6) is 2.58. The smallest absolute Gasteiger partial charge is 0.119 e. The first-order valence-electron chi connectivity index (χ1n) is 15.7. The molecule has 0 heterocycles. The molecule has 1 fully saturated rings. The van der Waals surface area contributed by atoms with E-state index < -0.39 is 0 Å². The van der Waals surface area contributed by atoms with Crippen molar-refractivity contribution < 1.29 is 14.6 Å². The molecule has 1 saturated carbocycles. The number of carbonyl (C=O) groups is 1. The van der Waals surface area contributed by atoms with Crippen LogP contribution in [0.4, 0.5) is 0 Å². The Kier molecular flexibility index (Phi) is 35.2. The number of aryl methyl sites for hydroxylation is 1. The first kappa shape index (κ1) is 44.9. The Balaban J connectivity index is -0.000000289. The molecule has 1 aliphatic rings. The van der Waals surface area contributed by atoms with Crippen LogP contribution in [0.1, 0.15) is 126 Å². The molecule has 0 spiro atoms. The van der Waals surface area contributed by atoms with Crippen molar-refractivity contribution in [3.05, 3.63) is 65.8 Å². The minimum absolute atomic E-state index is 0.607. The summed E-state index contributed by atoms with van der Waals surface area (Å²) in [5.41, 5.74) is 4.48. The lowest BCUT2D eigenvalue weighted by Crippen LogP contribution is -2.37. The highest BCUT2D eigenvalue weighted by atomic mass is 16.5. The average Bonchev–Trinajstić information content (AvgIpc) is 2.96. The molecule has 3 heteroatoms. The van der Waals surface area contributed by atoms with E-state index in [1.165, 1.54) is 62.5 Å². The summed E-state index contributed by atoms with van der Waals surface area (Å²) in [6.45, 7) is 29.9. The summed E-state index contributed by atoms with van der Waals surface area (Å²) >= 11 is 0. The van der Waals surface area contributed by atoms with Crippen LogP contribution < -0.4 is 4.74 Å². The third-order valence-electron chi connectivity index (χ3n) is 6.61. The molecular formula is C37H68O3. The van der Waals surface area contributed by atoms with Crippen LogP contribution in [-0.4, -0.2) is 25.6 Å². The van der Waals surface area contributed by atoms with Gasteiger partial charge in [0.25, 0.3) is 0 Å². The van der Waals surface area contributed by atoms with Gasteiger partial charge in [-0.2, -0.15) is 0 Å². The van der Waals surface area contributed by atoms with Gasteiger partial charge in [-0.25, -0.2) is 0 Å². The Hall–Kier alpha value is -2.13. The largest absolute Gasteiger partial charge is 0.494 e. The molecule has 0 radical (unpaired) electrons. The van der Waals surface area contributed by atoms with Crippen molar-refractivity contribution in [1.82, 2.24) is 0 Å². The summed E-state index contributed by atoms with van der Waals surface area (Å²) < 4.78 is 5.83. The van der Waals surface area contributed by atoms with E-state index in [0.29, 0.717) is 11.3 Å². The molecule has 40 heavy (non-hydrogen) atoms. The molecule has 0 amide bonds. The zero-order valence-electron chi connectivity index (χ0n) is 28.7. The van der Waals surface area contributed by atoms with Gasteiger partial charge in [-0.15, -0.1) is 0 Å². The van der Waals surface area contributed by atoms with Gasteiger partial charge >= 0.3 is 0 Å². The Morgan fingerprint density at radius 3 is 1.85 bits per heavy atom. The average molecular weight is 561 g/mol. The summed E-state index contributed by atoms with van der Waals surface area (Å²) in [5, 5.41) is 7.00. The van der Waals surface area contributed by atoms with E-state index in [1.54, 1.807) is 0 Å². The summed E-state index contributed by atoms with van der Waals surface area (Å²) in [6.07, 6.45) is 17.4. The third-order valence-corrected chi connectivity index (χ3v) is 6.61. The lowest BCUT2D eigenvalue weighted by molar-refractivity contribution is -0.0980. The monoisotopic (exact) mass is 561 g/mol. The fourth-order valence-electron chi connectivity index (χ4n) is 5.02. The van der Waals surface area contributed by atoms with Gasteiger partial charge in [0.05, 0.1) is 6.61 Å². The fourth-order valence-corrected chi connectivity index (χ4v) is 5.02. The minimum atomic E-state index is 0.607. The Morgan fingerprint density at radius 1 is 1.00 bits per heavy atom. The van der Waals surface area contributed by atoms with E-state index in [0.717, 1.165) is 31.0 Å². The molecule has 1 aliphatic carbocycles. The number of rotatable bonds is 12. The van der Waals surface area contributed by atoms with Gasteiger partial charge in [0.2, 0.25) is 0 Å². The van der Waals surface area contributed by atoms with Crippen molar-refractivity contribution in [1.29, 1.82) is 0 Å². The Morgan fingerprint density at radius 2 is 1.48 bits per heavy atom. The zero-order valence-corrected chi connectivity index (χ0v) is 28.7. The van der Waals surface area contributed by atoms with E-state index in [4.69, 9.17) is 14.6 Å². The van der Waals surface area contributed by atoms with Crippen molar-refractivity contribution in [3.8, 4) is 5.75 Å². The number of benzene rings is 1. The van der Waals surface area contributed by atoms with Crippen molar-refractivity contribution in [2.24, 2.45) is 17.3 Å². The van der Waals surface area contributed by atoms with Crippen molar-refractivity contribution in [3.63, 3.8) is 0 Å². The quantitative estimate of drug-likeness (QED) is 0.204. The van der Waals surface area contributed by atoms with Crippen molar-refractivity contribution in [2.45, 2.75) is 128 Å². The van der Waals surface area contributed by atoms with Gasteiger partial charge in [-0.05, 0) is 94.3 Å². The molecule has 0 aromatic heterocycles. The number of aliphatic hydroxyl groups excluding tert-OH is 1. The zero-order chi connectivity index (χ0) is 32.0. The normalized spacial score (nSPS) is 13.3. The SMILES string of the molecule is C=C(C)/C=C\C(=C/C)C(C)C.C=O.CC.CC.CCCC1(CCC)CC(CCCOc2ccc(C)cc2)C1.CO. The van der Waals surface area contributed by atoms with Gasteiger partial charge < -0.3 is 14.6 Å². The number of carbonyl (C=O) groups excluding carboxylic acids is 1. The highest BCUT2D eigenvalue weighted by Crippen LogP contribution is 2.53. The van der Waals surface area contributed by atoms with Crippen LogP contribution in [0.3, 0.4) is 0 Å². The molecule has 1 aromatic rings. The second-order valence-corrected chi connectivity index (χ2v) is 10.2. The van der Waals surface area contributed by atoms with E-state index in [1.807, 2.05) is 41.4 Å². The van der Waals surface area contributed by atoms with Crippen LogP contribution in [0.15, 0.2) is 60.2 Å². The molecule has 0 atom stereocenters. The van der Waals surface area contributed by atoms with E-state index in [-0.39, 0.29) is 0 Å². The highest BCUT2D eigenvalue weighted by molar-refractivity contribution is 5.26. The van der Waals surface area contributed by atoms with Gasteiger partial charge in [0, 0.05) is 7.11 Å². The van der Waals surface area contributed by atoms with Crippen molar-refractivity contribution in [2.75, 3.05) is 13.7 Å². The first-order chi connectivity index (χ1) is 19.2. The molecule has 1 N–H and O–H groups in total. The maximum absolute atomic E-state index is 8.00. The van der Waals surface area contributed by atoms with Gasteiger partial charge in [0.15, 0.2) is 0 Å². The highest BCUT2D eigenvalue weighted by Gasteiger charge is 2.41. The van der Waals surface area contributed by atoms with Crippen LogP contribution in [0.5, 0.6) is 5.75 Å². The van der Waals surface area contributed by atoms with Gasteiger partial charge in [-0.3, -0.25) is 0 Å². The topological polar surface area (TPSA) is 46.5 Å². The lowest BCUT2D eigenvalue weighted by atomic mass is 9.57. The lowest BCUT2D eigenvalue weighted by Gasteiger charge is -2.48. The van der Waals surface area contributed by atoms with Crippen LogP contribution in [0.2, 0.25) is 0 Å². The van der Waals surface area contributed by atoms with Gasteiger partial charge in [-0.1, -0.05) is 116 Å². The van der Waals surface area contributed by atoms with Crippen LogP contribution >= 0.6 is 0 Å². The number of aliphatic hydroxyl groups is 1. The molecular weight excluding hydrogens is 492 g/mol. The van der Waals surface area contributed by atoms with Crippen LogP contribution in [-0.2, 0) is 4.79 Å². The summed E-state index contributed by atoms with van der Waals surface area (Å²) in [4.78, 5) is 8.00.